The fourth-order valence-corrected chi connectivity index (χ4v) is 2.60. The lowest BCUT2D eigenvalue weighted by molar-refractivity contribution is -0.902. The van der Waals surface area contributed by atoms with Crippen molar-refractivity contribution >= 4 is 10.4 Å². The number of nitrogens with zero attached hydrogens (tertiary/aromatic N) is 1. The zero-order chi connectivity index (χ0) is 13.0. The molecule has 98 valence electrons. The lowest BCUT2D eigenvalue weighted by Crippen LogP contribution is -2.49. The van der Waals surface area contributed by atoms with Crippen LogP contribution in [0.2, 0.25) is 0 Å². The minimum absolute atomic E-state index is 0.808. The van der Waals surface area contributed by atoms with Crippen molar-refractivity contribution in [1.82, 2.24) is 0 Å². The van der Waals surface area contributed by atoms with Crippen LogP contribution in [0.4, 0.5) is 0 Å². The third kappa shape index (κ3) is 8.04. The number of hydrogen-bond acceptors (Lipinski definition) is 4. The van der Waals surface area contributed by atoms with E-state index in [1.807, 2.05) is 0 Å². The van der Waals surface area contributed by atoms with Crippen molar-refractivity contribution in [2.24, 2.45) is 11.8 Å². The molecule has 1 aliphatic rings. The van der Waals surface area contributed by atoms with Crippen LogP contribution in [0.15, 0.2) is 0 Å². The van der Waals surface area contributed by atoms with Crippen LogP contribution in [-0.4, -0.2) is 51.7 Å². The normalized spacial score (nSPS) is 29.1. The molecule has 16 heavy (non-hydrogen) atoms. The van der Waals surface area contributed by atoms with E-state index in [0.717, 1.165) is 18.9 Å². The highest BCUT2D eigenvalue weighted by atomic mass is 32.3. The van der Waals surface area contributed by atoms with Crippen molar-refractivity contribution < 1.29 is 21.6 Å². The minimum atomic E-state index is -4.41. The maximum absolute atomic E-state index is 9.22. The van der Waals surface area contributed by atoms with Gasteiger partial charge in [0.1, 0.15) is 0 Å². The highest BCUT2D eigenvalue weighted by molar-refractivity contribution is 7.80. The zero-order valence-electron chi connectivity index (χ0n) is 10.8. The van der Waals surface area contributed by atoms with E-state index >= 15 is 0 Å². The Hall–Kier alpha value is -0.170. The van der Waals surface area contributed by atoms with Crippen molar-refractivity contribution in [1.29, 1.82) is 0 Å². The van der Waals surface area contributed by atoms with E-state index < -0.39 is 10.4 Å². The highest BCUT2D eigenvalue weighted by Crippen LogP contribution is 2.23. The van der Waals surface area contributed by atoms with Crippen LogP contribution in [0.25, 0.3) is 0 Å². The predicted octanol–water partition coefficient (Wildman–Crippen LogP) is 0.832. The van der Waals surface area contributed by atoms with E-state index in [1.54, 1.807) is 0 Å². The second kappa shape index (κ2) is 5.95. The van der Waals surface area contributed by atoms with Crippen molar-refractivity contribution in [3.05, 3.63) is 0 Å². The molecule has 1 aliphatic heterocycles. The molecule has 1 fully saturated rings. The van der Waals surface area contributed by atoms with E-state index in [2.05, 4.69) is 32.1 Å². The summed E-state index contributed by atoms with van der Waals surface area (Å²) in [6.07, 6.45) is 1.43. The van der Waals surface area contributed by atoms with E-state index in [1.165, 1.54) is 24.0 Å². The van der Waals surface area contributed by atoms with Crippen LogP contribution in [0.3, 0.4) is 0 Å². The first kappa shape index (κ1) is 15.8. The SMILES string of the molecule is CC1CC(C)C[N+](C)(C)C1.COS(=O)(=O)[O-]. The summed E-state index contributed by atoms with van der Waals surface area (Å²) in [5.41, 5.74) is 0. The predicted molar refractivity (Wildman–Crippen MR) is 61.5 cm³/mol. The molecule has 6 heteroatoms. The molecule has 0 aromatic heterocycles. The quantitative estimate of drug-likeness (QED) is 0.394. The first-order chi connectivity index (χ1) is 7.06. The fraction of sp³-hybridized carbons (Fsp3) is 1.00. The zero-order valence-corrected chi connectivity index (χ0v) is 11.6. The van der Waals surface area contributed by atoms with Crippen LogP contribution >= 0.6 is 0 Å². The lowest BCUT2D eigenvalue weighted by Gasteiger charge is -2.40. The number of hydrogen-bond donors (Lipinski definition) is 0. The minimum Gasteiger partial charge on any atom is -0.726 e. The standard InChI is InChI=1S/C9H20N.CH4O4S/c1-8-5-9(2)7-10(3,4)6-8;1-5-6(2,3)4/h8-9H,5-7H2,1-4H3;1H3,(H,2,3,4)/q+1;/p-1. The summed E-state index contributed by atoms with van der Waals surface area (Å²) in [6.45, 7) is 7.47. The largest absolute Gasteiger partial charge is 0.726 e. The average molecular weight is 253 g/mol. The number of piperidine rings is 1. The molecule has 2 atom stereocenters. The van der Waals surface area contributed by atoms with Crippen LogP contribution in [0.1, 0.15) is 20.3 Å². The Labute approximate surface area is 98.9 Å². The van der Waals surface area contributed by atoms with Crippen molar-refractivity contribution in [3.8, 4) is 0 Å². The third-order valence-electron chi connectivity index (χ3n) is 2.62. The molecule has 1 heterocycles. The number of rotatable bonds is 1. The Morgan fingerprint density at radius 3 is 1.69 bits per heavy atom. The number of likely N-dealkylation sites (tertiary alicyclic amines) is 1. The van der Waals surface area contributed by atoms with Gasteiger partial charge in [0.05, 0.1) is 34.3 Å². The molecule has 5 nitrogen and oxygen atoms in total. The summed E-state index contributed by atoms with van der Waals surface area (Å²) in [6, 6.07) is 0. The van der Waals surface area contributed by atoms with Gasteiger partial charge in [0.25, 0.3) is 0 Å². The monoisotopic (exact) mass is 253 g/mol. The van der Waals surface area contributed by atoms with E-state index in [9.17, 15) is 13.0 Å². The molecule has 0 radical (unpaired) electrons. The van der Waals surface area contributed by atoms with Gasteiger partial charge in [0.2, 0.25) is 10.4 Å². The Balaban J connectivity index is 0.000000325. The maximum Gasteiger partial charge on any atom is 0.217 e. The molecule has 0 saturated carbocycles. The van der Waals surface area contributed by atoms with Gasteiger partial charge >= 0.3 is 0 Å². The molecule has 0 spiro atoms. The van der Waals surface area contributed by atoms with Gasteiger partial charge in [-0.25, -0.2) is 8.42 Å². The van der Waals surface area contributed by atoms with Crippen LogP contribution in [0, 0.1) is 11.8 Å². The Morgan fingerprint density at radius 1 is 1.19 bits per heavy atom. The summed E-state index contributed by atoms with van der Waals surface area (Å²) in [7, 11) is 1.07. The maximum atomic E-state index is 9.22. The molecule has 1 saturated heterocycles. The van der Waals surface area contributed by atoms with Gasteiger partial charge < -0.3 is 9.04 Å². The summed E-state index contributed by atoms with van der Waals surface area (Å²) in [4.78, 5) is 0. The van der Waals surface area contributed by atoms with Crippen molar-refractivity contribution in [2.45, 2.75) is 20.3 Å². The first-order valence-corrected chi connectivity index (χ1v) is 6.72. The molecule has 1 rings (SSSR count). The fourth-order valence-electron chi connectivity index (χ4n) is 2.60. The van der Waals surface area contributed by atoms with E-state index in [0.29, 0.717) is 0 Å². The third-order valence-corrected chi connectivity index (χ3v) is 3.03. The average Bonchev–Trinajstić information content (AvgIpc) is 1.98. The van der Waals surface area contributed by atoms with E-state index in [4.69, 9.17) is 0 Å². The van der Waals surface area contributed by atoms with Gasteiger partial charge in [-0.1, -0.05) is 13.8 Å². The van der Waals surface area contributed by atoms with Gasteiger partial charge in [-0.15, -0.1) is 0 Å². The Morgan fingerprint density at radius 2 is 1.50 bits per heavy atom. The van der Waals surface area contributed by atoms with Crippen molar-refractivity contribution in [2.75, 3.05) is 34.3 Å². The molecule has 0 aliphatic carbocycles. The Kier molecular flexibility index (Phi) is 5.89. The smallest absolute Gasteiger partial charge is 0.217 e. The summed E-state index contributed by atoms with van der Waals surface area (Å²) >= 11 is 0. The van der Waals surface area contributed by atoms with Crippen molar-refractivity contribution in [3.63, 3.8) is 0 Å². The molecule has 0 bridgehead atoms. The van der Waals surface area contributed by atoms with Gasteiger partial charge in [0.15, 0.2) is 0 Å². The summed E-state index contributed by atoms with van der Waals surface area (Å²) in [5, 5.41) is 0. The van der Waals surface area contributed by atoms with Crippen LogP contribution in [0.5, 0.6) is 0 Å². The molecule has 2 unspecified atom stereocenters. The van der Waals surface area contributed by atoms with Gasteiger partial charge in [0, 0.05) is 11.8 Å². The van der Waals surface area contributed by atoms with Crippen LogP contribution < -0.4 is 0 Å². The summed E-state index contributed by atoms with van der Waals surface area (Å²) in [5.74, 6) is 1.86. The number of quaternary nitrogens is 1. The molecule has 0 amide bonds. The van der Waals surface area contributed by atoms with Crippen LogP contribution in [-0.2, 0) is 14.6 Å². The molecule has 0 aromatic rings. The molecule has 0 N–H and O–H groups in total. The second-order valence-corrected chi connectivity index (χ2v) is 6.47. The molecular weight excluding hydrogens is 230 g/mol. The molecule has 0 aromatic carbocycles. The highest BCUT2D eigenvalue weighted by Gasteiger charge is 2.28. The molecular formula is C10H23NO4S. The topological polar surface area (TPSA) is 66.4 Å². The van der Waals surface area contributed by atoms with Gasteiger partial charge in [-0.05, 0) is 6.42 Å². The lowest BCUT2D eigenvalue weighted by atomic mass is 9.91. The van der Waals surface area contributed by atoms with E-state index in [-0.39, 0.29) is 0 Å². The summed E-state index contributed by atoms with van der Waals surface area (Å²) < 4.78 is 32.2. The van der Waals surface area contributed by atoms with Gasteiger partial charge in [-0.3, -0.25) is 4.18 Å². The first-order valence-electron chi connectivity index (χ1n) is 5.39. The van der Waals surface area contributed by atoms with Gasteiger partial charge in [-0.2, -0.15) is 0 Å². The second-order valence-electron chi connectivity index (χ2n) is 5.32. The Bertz CT molecular complexity index is 288.